The predicted molar refractivity (Wildman–Crippen MR) is 95.5 cm³/mol. The first-order chi connectivity index (χ1) is 12.6. The average Bonchev–Trinajstić information content (AvgIpc) is 2.96. The lowest BCUT2D eigenvalue weighted by Crippen LogP contribution is -2.40. The minimum absolute atomic E-state index is 0.0253. The molecule has 1 N–H and O–H groups in total. The van der Waals surface area contributed by atoms with Crippen LogP contribution in [-0.2, 0) is 7.05 Å². The molecule has 3 rings (SSSR count). The van der Waals surface area contributed by atoms with Crippen LogP contribution in [0.25, 0.3) is 11.4 Å². The summed E-state index contributed by atoms with van der Waals surface area (Å²) in [6.45, 7) is 1.91. The molecule has 0 spiro atoms. The van der Waals surface area contributed by atoms with Gasteiger partial charge in [-0.1, -0.05) is 17.7 Å². The molecule has 0 atom stereocenters. The van der Waals surface area contributed by atoms with Crippen LogP contribution in [-0.4, -0.2) is 32.9 Å². The van der Waals surface area contributed by atoms with Gasteiger partial charge in [-0.05, 0) is 50.3 Å². The number of alkyl halides is 3. The second kappa shape index (κ2) is 7.50. The van der Waals surface area contributed by atoms with E-state index in [1.54, 1.807) is 19.2 Å². The van der Waals surface area contributed by atoms with Gasteiger partial charge in [0.05, 0.1) is 10.9 Å². The molecule has 1 fully saturated rings. The maximum atomic E-state index is 12.8. The minimum atomic E-state index is -4.17. The van der Waals surface area contributed by atoms with Crippen molar-refractivity contribution in [3.05, 3.63) is 34.6 Å². The third-order valence-corrected chi connectivity index (χ3v) is 5.17. The van der Waals surface area contributed by atoms with Crippen molar-refractivity contribution in [1.29, 1.82) is 0 Å². The summed E-state index contributed by atoms with van der Waals surface area (Å²) in [7, 11) is 1.59. The van der Waals surface area contributed by atoms with Gasteiger partial charge in [0, 0.05) is 18.7 Å². The topological polar surface area (TPSA) is 59.8 Å². The van der Waals surface area contributed by atoms with E-state index in [0.29, 0.717) is 29.3 Å². The zero-order valence-corrected chi connectivity index (χ0v) is 15.7. The number of benzene rings is 1. The van der Waals surface area contributed by atoms with Gasteiger partial charge >= 0.3 is 6.18 Å². The van der Waals surface area contributed by atoms with Gasteiger partial charge in [0.15, 0.2) is 5.82 Å². The smallest absolute Gasteiger partial charge is 0.347 e. The van der Waals surface area contributed by atoms with E-state index in [0.717, 1.165) is 5.56 Å². The second-order valence-electron chi connectivity index (χ2n) is 6.93. The molecule has 1 amide bonds. The van der Waals surface area contributed by atoms with E-state index in [9.17, 15) is 18.0 Å². The Morgan fingerprint density at radius 1 is 1.26 bits per heavy atom. The summed E-state index contributed by atoms with van der Waals surface area (Å²) in [6.07, 6.45) is -3.52. The number of amides is 1. The summed E-state index contributed by atoms with van der Waals surface area (Å²) in [5.74, 6) is -1.31. The zero-order valence-electron chi connectivity index (χ0n) is 15.0. The minimum Gasteiger partial charge on any atom is -0.347 e. The van der Waals surface area contributed by atoms with Gasteiger partial charge in [0.1, 0.15) is 0 Å². The highest BCUT2D eigenvalue weighted by Crippen LogP contribution is 2.37. The van der Waals surface area contributed by atoms with Crippen molar-refractivity contribution >= 4 is 17.5 Å². The summed E-state index contributed by atoms with van der Waals surface area (Å²) in [6, 6.07) is 5.15. The molecule has 1 saturated carbocycles. The third-order valence-electron chi connectivity index (χ3n) is 4.86. The number of aryl methyl sites for hydroxylation is 2. The average molecular weight is 401 g/mol. The normalized spacial score (nSPS) is 20.5. The molecule has 1 heterocycles. The number of carbonyl (C=O) groups is 1. The van der Waals surface area contributed by atoms with E-state index in [1.165, 1.54) is 4.68 Å². The zero-order chi connectivity index (χ0) is 19.8. The number of carbonyl (C=O) groups excluding carboxylic acids is 1. The lowest BCUT2D eigenvalue weighted by Gasteiger charge is -2.30. The molecule has 146 valence electrons. The number of hydrogen-bond donors (Lipinski definition) is 1. The van der Waals surface area contributed by atoms with Crippen molar-refractivity contribution in [2.75, 3.05) is 0 Å². The molecular formula is C18H20ClF3N4O. The molecule has 2 aromatic rings. The second-order valence-corrected chi connectivity index (χ2v) is 7.34. The number of nitrogens with zero attached hydrogens (tertiary/aromatic N) is 3. The number of nitrogens with one attached hydrogen (secondary N) is 1. The van der Waals surface area contributed by atoms with E-state index in [1.807, 2.05) is 13.0 Å². The van der Waals surface area contributed by atoms with Crippen LogP contribution in [0, 0.1) is 12.8 Å². The quantitative estimate of drug-likeness (QED) is 0.835. The largest absolute Gasteiger partial charge is 0.391 e. The summed E-state index contributed by atoms with van der Waals surface area (Å²) < 4.78 is 39.6. The van der Waals surface area contributed by atoms with Crippen LogP contribution in [0.2, 0.25) is 5.02 Å². The Kier molecular flexibility index (Phi) is 5.46. The first-order valence-electron chi connectivity index (χ1n) is 8.70. The van der Waals surface area contributed by atoms with Gasteiger partial charge in [0.2, 0.25) is 5.82 Å². The molecule has 0 aliphatic heterocycles. The van der Waals surface area contributed by atoms with Crippen molar-refractivity contribution in [3.63, 3.8) is 0 Å². The Morgan fingerprint density at radius 2 is 1.93 bits per heavy atom. The van der Waals surface area contributed by atoms with E-state index in [2.05, 4.69) is 15.4 Å². The number of halogens is 4. The molecular weight excluding hydrogens is 381 g/mol. The van der Waals surface area contributed by atoms with E-state index in [-0.39, 0.29) is 24.7 Å². The fourth-order valence-corrected chi connectivity index (χ4v) is 3.63. The van der Waals surface area contributed by atoms with Gasteiger partial charge in [0.25, 0.3) is 5.91 Å². The van der Waals surface area contributed by atoms with Crippen LogP contribution >= 0.6 is 11.6 Å². The molecule has 1 aromatic carbocycles. The monoisotopic (exact) mass is 400 g/mol. The Hall–Kier alpha value is -2.09. The highest BCUT2D eigenvalue weighted by Gasteiger charge is 2.41. The summed E-state index contributed by atoms with van der Waals surface area (Å²) >= 11 is 6.23. The molecule has 0 unspecified atom stereocenters. The van der Waals surface area contributed by atoms with Gasteiger partial charge in [-0.2, -0.15) is 18.3 Å². The highest BCUT2D eigenvalue weighted by molar-refractivity contribution is 6.33. The first-order valence-corrected chi connectivity index (χ1v) is 9.08. The van der Waals surface area contributed by atoms with Crippen molar-refractivity contribution in [2.45, 2.75) is 44.8 Å². The molecule has 9 heteroatoms. The van der Waals surface area contributed by atoms with Gasteiger partial charge in [-0.3, -0.25) is 4.79 Å². The predicted octanol–water partition coefficient (Wildman–Crippen LogP) is 4.29. The van der Waals surface area contributed by atoms with E-state index < -0.39 is 18.0 Å². The van der Waals surface area contributed by atoms with Crippen LogP contribution in [0.4, 0.5) is 13.2 Å². The van der Waals surface area contributed by atoms with Crippen LogP contribution in [0.15, 0.2) is 18.2 Å². The Balaban J connectivity index is 1.69. The molecule has 1 aliphatic rings. The van der Waals surface area contributed by atoms with E-state index >= 15 is 0 Å². The van der Waals surface area contributed by atoms with Crippen molar-refractivity contribution in [1.82, 2.24) is 20.1 Å². The maximum absolute atomic E-state index is 12.8. The summed E-state index contributed by atoms with van der Waals surface area (Å²) in [5, 5.41) is 7.50. The summed E-state index contributed by atoms with van der Waals surface area (Å²) in [5.41, 5.74) is 1.61. The van der Waals surface area contributed by atoms with Crippen molar-refractivity contribution in [2.24, 2.45) is 13.0 Å². The Bertz CT molecular complexity index is 842. The van der Waals surface area contributed by atoms with Crippen LogP contribution < -0.4 is 5.32 Å². The molecule has 5 nitrogen and oxygen atoms in total. The van der Waals surface area contributed by atoms with Gasteiger partial charge in [-0.15, -0.1) is 0 Å². The molecule has 27 heavy (non-hydrogen) atoms. The molecule has 1 aliphatic carbocycles. The van der Waals surface area contributed by atoms with Crippen LogP contribution in [0.3, 0.4) is 0 Å². The molecule has 0 radical (unpaired) electrons. The van der Waals surface area contributed by atoms with Gasteiger partial charge < -0.3 is 5.32 Å². The van der Waals surface area contributed by atoms with Gasteiger partial charge in [-0.25, -0.2) is 9.67 Å². The highest BCUT2D eigenvalue weighted by atomic mass is 35.5. The third kappa shape index (κ3) is 4.43. The standard InChI is InChI=1S/C18H20ClF3N4O/c1-10-3-8-13(14(19)9-10)15-24-16(26(2)25-15)17(27)23-12-6-4-11(5-7-12)18(20,21)22/h3,8-9,11-12H,4-7H2,1-2H3,(H,23,27). The fraction of sp³-hybridized carbons (Fsp3) is 0.500. The SMILES string of the molecule is Cc1ccc(-c2nc(C(=O)NC3CCC(C(F)(F)F)CC3)n(C)n2)c(Cl)c1. The van der Waals surface area contributed by atoms with Crippen molar-refractivity contribution < 1.29 is 18.0 Å². The van der Waals surface area contributed by atoms with Crippen LogP contribution in [0.5, 0.6) is 0 Å². The first kappa shape index (κ1) is 19.7. The number of rotatable bonds is 3. The number of aromatic nitrogens is 3. The van der Waals surface area contributed by atoms with E-state index in [4.69, 9.17) is 11.6 Å². The molecule has 0 bridgehead atoms. The molecule has 1 aromatic heterocycles. The Morgan fingerprint density at radius 3 is 2.52 bits per heavy atom. The maximum Gasteiger partial charge on any atom is 0.391 e. The number of hydrogen-bond acceptors (Lipinski definition) is 3. The lowest BCUT2D eigenvalue weighted by molar-refractivity contribution is -0.182. The molecule has 0 saturated heterocycles. The lowest BCUT2D eigenvalue weighted by atomic mass is 9.85. The fourth-order valence-electron chi connectivity index (χ4n) is 3.31. The van der Waals surface area contributed by atoms with Crippen LogP contribution in [0.1, 0.15) is 41.9 Å². The van der Waals surface area contributed by atoms with Crippen molar-refractivity contribution in [3.8, 4) is 11.4 Å². The Labute approximate surface area is 159 Å². The summed E-state index contributed by atoms with van der Waals surface area (Å²) in [4.78, 5) is 16.8.